The molecule has 0 radical (unpaired) electrons. The van der Waals surface area contributed by atoms with Crippen LogP contribution in [0.4, 0.5) is 5.69 Å². The molecule has 0 unspecified atom stereocenters. The Bertz CT molecular complexity index is 440. The average Bonchev–Trinajstić information content (AvgIpc) is 2.41. The van der Waals surface area contributed by atoms with Crippen molar-refractivity contribution in [2.24, 2.45) is 0 Å². The first kappa shape index (κ1) is 12.8. The molecule has 0 heterocycles. The number of hydrogen-bond acceptors (Lipinski definition) is 2. The highest BCUT2D eigenvalue weighted by atomic mass is 16.4. The van der Waals surface area contributed by atoms with E-state index in [4.69, 9.17) is 5.11 Å². The molecule has 0 aromatic heterocycles. The summed E-state index contributed by atoms with van der Waals surface area (Å²) in [5.74, 6) is -0.879. The first-order valence-electron chi connectivity index (χ1n) is 5.25. The molecular formula is C14H15NO2. The van der Waals surface area contributed by atoms with E-state index >= 15 is 0 Å². The Morgan fingerprint density at radius 1 is 0.941 bits per heavy atom. The van der Waals surface area contributed by atoms with E-state index in [0.717, 1.165) is 5.69 Å². The lowest BCUT2D eigenvalue weighted by atomic mass is 10.2. The van der Waals surface area contributed by atoms with Crippen molar-refractivity contribution in [1.82, 2.24) is 0 Å². The van der Waals surface area contributed by atoms with Gasteiger partial charge in [0.25, 0.3) is 0 Å². The lowest BCUT2D eigenvalue weighted by Gasteiger charge is -1.94. The molecule has 0 aliphatic rings. The molecular weight excluding hydrogens is 214 g/mol. The number of carboxylic acids is 1. The van der Waals surface area contributed by atoms with Crippen LogP contribution in [0.15, 0.2) is 60.7 Å². The highest BCUT2D eigenvalue weighted by Crippen LogP contribution is 2.01. The maximum absolute atomic E-state index is 10.2. The van der Waals surface area contributed by atoms with Crippen molar-refractivity contribution in [3.8, 4) is 0 Å². The molecule has 0 fully saturated rings. The second-order valence-electron chi connectivity index (χ2n) is 3.29. The number of hydrogen-bond donors (Lipinski definition) is 2. The highest BCUT2D eigenvalue weighted by molar-refractivity contribution is 5.87. The SMILES string of the molecule is CNc1ccccc1.O=C(O)c1ccccc1. The molecule has 0 atom stereocenters. The number of nitrogens with one attached hydrogen (secondary N) is 1. The maximum Gasteiger partial charge on any atom is 0.335 e. The van der Waals surface area contributed by atoms with Crippen molar-refractivity contribution in [3.05, 3.63) is 66.2 Å². The Morgan fingerprint density at radius 3 is 1.71 bits per heavy atom. The average molecular weight is 229 g/mol. The number of para-hydroxylation sites is 1. The molecule has 0 bridgehead atoms. The third kappa shape index (κ3) is 4.84. The van der Waals surface area contributed by atoms with Crippen LogP contribution < -0.4 is 5.32 Å². The molecule has 17 heavy (non-hydrogen) atoms. The molecule has 2 N–H and O–H groups in total. The number of anilines is 1. The summed E-state index contributed by atoms with van der Waals surface area (Å²) < 4.78 is 0. The van der Waals surface area contributed by atoms with Gasteiger partial charge in [0, 0.05) is 12.7 Å². The van der Waals surface area contributed by atoms with Gasteiger partial charge in [-0.25, -0.2) is 4.79 Å². The van der Waals surface area contributed by atoms with Crippen LogP contribution in [0.5, 0.6) is 0 Å². The zero-order valence-electron chi connectivity index (χ0n) is 9.63. The van der Waals surface area contributed by atoms with Gasteiger partial charge in [-0.15, -0.1) is 0 Å². The van der Waals surface area contributed by atoms with E-state index < -0.39 is 5.97 Å². The quantitative estimate of drug-likeness (QED) is 0.831. The Morgan fingerprint density at radius 2 is 1.41 bits per heavy atom. The van der Waals surface area contributed by atoms with Gasteiger partial charge in [0.05, 0.1) is 5.56 Å². The molecule has 0 saturated heterocycles. The number of carbonyl (C=O) groups is 1. The summed E-state index contributed by atoms with van der Waals surface area (Å²) in [4.78, 5) is 10.2. The smallest absolute Gasteiger partial charge is 0.335 e. The third-order valence-corrected chi connectivity index (χ3v) is 2.08. The van der Waals surface area contributed by atoms with Crippen LogP contribution >= 0.6 is 0 Å². The largest absolute Gasteiger partial charge is 0.478 e. The number of rotatable bonds is 2. The second-order valence-corrected chi connectivity index (χ2v) is 3.29. The number of benzene rings is 2. The van der Waals surface area contributed by atoms with Crippen molar-refractivity contribution < 1.29 is 9.90 Å². The maximum atomic E-state index is 10.2. The first-order valence-corrected chi connectivity index (χ1v) is 5.25. The molecule has 0 saturated carbocycles. The predicted molar refractivity (Wildman–Crippen MR) is 69.4 cm³/mol. The standard InChI is InChI=1S/C7H9N.C7H6O2/c1-8-7-5-3-2-4-6-7;8-7(9)6-4-2-1-3-5-6/h2-6,8H,1H3;1-5H,(H,8,9). The molecule has 2 aromatic carbocycles. The van der Waals surface area contributed by atoms with Crippen LogP contribution in [0.25, 0.3) is 0 Å². The minimum atomic E-state index is -0.879. The van der Waals surface area contributed by atoms with Crippen LogP contribution in [-0.2, 0) is 0 Å². The molecule has 0 aliphatic carbocycles. The Hall–Kier alpha value is -2.29. The predicted octanol–water partition coefficient (Wildman–Crippen LogP) is 3.11. The minimum absolute atomic E-state index is 0.331. The van der Waals surface area contributed by atoms with Gasteiger partial charge >= 0.3 is 5.97 Å². The van der Waals surface area contributed by atoms with Crippen molar-refractivity contribution in [2.45, 2.75) is 0 Å². The van der Waals surface area contributed by atoms with Crippen LogP contribution in [-0.4, -0.2) is 18.1 Å². The third-order valence-electron chi connectivity index (χ3n) is 2.08. The van der Waals surface area contributed by atoms with Crippen LogP contribution in [0, 0.1) is 0 Å². The molecule has 0 spiro atoms. The second kappa shape index (κ2) is 7.06. The lowest BCUT2D eigenvalue weighted by Crippen LogP contribution is -1.93. The summed E-state index contributed by atoms with van der Waals surface area (Å²) in [6, 6.07) is 18.4. The van der Waals surface area contributed by atoms with E-state index in [1.165, 1.54) is 0 Å². The lowest BCUT2D eigenvalue weighted by molar-refractivity contribution is 0.0697. The summed E-state index contributed by atoms with van der Waals surface area (Å²) in [7, 11) is 1.91. The first-order chi connectivity index (χ1) is 8.24. The van der Waals surface area contributed by atoms with Crippen LogP contribution in [0.3, 0.4) is 0 Å². The van der Waals surface area contributed by atoms with E-state index in [1.807, 2.05) is 37.4 Å². The van der Waals surface area contributed by atoms with E-state index in [-0.39, 0.29) is 0 Å². The monoisotopic (exact) mass is 229 g/mol. The van der Waals surface area contributed by atoms with Crippen molar-refractivity contribution >= 4 is 11.7 Å². The Balaban J connectivity index is 0.000000171. The summed E-state index contributed by atoms with van der Waals surface area (Å²) in [5, 5.41) is 11.4. The Labute approximate surface area is 101 Å². The molecule has 3 nitrogen and oxygen atoms in total. The van der Waals surface area contributed by atoms with Crippen LogP contribution in [0.2, 0.25) is 0 Å². The van der Waals surface area contributed by atoms with Gasteiger partial charge in [0.15, 0.2) is 0 Å². The van der Waals surface area contributed by atoms with Crippen molar-refractivity contribution in [1.29, 1.82) is 0 Å². The summed E-state index contributed by atoms with van der Waals surface area (Å²) in [5.41, 5.74) is 1.49. The van der Waals surface area contributed by atoms with Gasteiger partial charge in [0.1, 0.15) is 0 Å². The normalized spacial score (nSPS) is 8.76. The van der Waals surface area contributed by atoms with Gasteiger partial charge in [-0.05, 0) is 24.3 Å². The van der Waals surface area contributed by atoms with Gasteiger partial charge in [-0.2, -0.15) is 0 Å². The van der Waals surface area contributed by atoms with Crippen LogP contribution in [0.1, 0.15) is 10.4 Å². The fraction of sp³-hybridized carbons (Fsp3) is 0.0714. The zero-order chi connectivity index (χ0) is 12.5. The van der Waals surface area contributed by atoms with E-state index in [1.54, 1.807) is 30.3 Å². The molecule has 2 rings (SSSR count). The molecule has 2 aromatic rings. The molecule has 88 valence electrons. The topological polar surface area (TPSA) is 49.3 Å². The van der Waals surface area contributed by atoms with Gasteiger partial charge < -0.3 is 10.4 Å². The molecule has 0 amide bonds. The van der Waals surface area contributed by atoms with Crippen molar-refractivity contribution in [3.63, 3.8) is 0 Å². The summed E-state index contributed by atoms with van der Waals surface area (Å²) in [6.45, 7) is 0. The number of carboxylic acid groups (broad SMARTS) is 1. The van der Waals surface area contributed by atoms with E-state index in [9.17, 15) is 4.79 Å². The van der Waals surface area contributed by atoms with Gasteiger partial charge in [-0.3, -0.25) is 0 Å². The van der Waals surface area contributed by atoms with Crippen molar-refractivity contribution in [2.75, 3.05) is 12.4 Å². The van der Waals surface area contributed by atoms with Gasteiger partial charge in [-0.1, -0.05) is 36.4 Å². The van der Waals surface area contributed by atoms with E-state index in [0.29, 0.717) is 5.56 Å². The number of aromatic carboxylic acids is 1. The highest BCUT2D eigenvalue weighted by Gasteiger charge is 1.96. The minimum Gasteiger partial charge on any atom is -0.478 e. The summed E-state index contributed by atoms with van der Waals surface area (Å²) >= 11 is 0. The zero-order valence-corrected chi connectivity index (χ0v) is 9.63. The van der Waals surface area contributed by atoms with Gasteiger partial charge in [0.2, 0.25) is 0 Å². The fourth-order valence-corrected chi connectivity index (χ4v) is 1.19. The van der Waals surface area contributed by atoms with E-state index in [2.05, 4.69) is 5.32 Å². The molecule has 0 aliphatic heterocycles. The fourth-order valence-electron chi connectivity index (χ4n) is 1.19. The Kier molecular flexibility index (Phi) is 5.31. The summed E-state index contributed by atoms with van der Waals surface area (Å²) in [6.07, 6.45) is 0. The molecule has 3 heteroatoms.